The summed E-state index contributed by atoms with van der Waals surface area (Å²) in [7, 11) is -3.24. The maximum Gasteiger partial charge on any atom is 0.216 e. The van der Waals surface area contributed by atoms with Crippen LogP contribution in [0.1, 0.15) is 31.2 Å². The molecule has 1 saturated carbocycles. The zero-order valence-electron chi connectivity index (χ0n) is 9.72. The van der Waals surface area contributed by atoms with E-state index < -0.39 is 10.0 Å². The van der Waals surface area contributed by atoms with E-state index in [1.54, 1.807) is 24.3 Å². The molecule has 2 rings (SSSR count). The number of rotatable bonds is 4. The molecular formula is C12H18N2O2S. The molecule has 1 aliphatic rings. The molecule has 1 aliphatic carbocycles. The summed E-state index contributed by atoms with van der Waals surface area (Å²) in [4.78, 5) is 0. The molecule has 0 atom stereocenters. The van der Waals surface area contributed by atoms with E-state index in [1.165, 1.54) is 0 Å². The summed E-state index contributed by atoms with van der Waals surface area (Å²) < 4.78 is 26.6. The summed E-state index contributed by atoms with van der Waals surface area (Å²) >= 11 is 0. The highest BCUT2D eigenvalue weighted by molar-refractivity contribution is 7.88. The minimum Gasteiger partial charge on any atom is -0.399 e. The van der Waals surface area contributed by atoms with Gasteiger partial charge < -0.3 is 5.73 Å². The van der Waals surface area contributed by atoms with E-state index in [4.69, 9.17) is 5.73 Å². The van der Waals surface area contributed by atoms with E-state index in [1.807, 2.05) is 0 Å². The average molecular weight is 254 g/mol. The van der Waals surface area contributed by atoms with Crippen molar-refractivity contribution in [2.75, 3.05) is 5.73 Å². The fourth-order valence-electron chi connectivity index (χ4n) is 2.24. The molecule has 94 valence electrons. The Morgan fingerprint density at radius 3 is 2.65 bits per heavy atom. The molecule has 0 spiro atoms. The van der Waals surface area contributed by atoms with Gasteiger partial charge in [-0.05, 0) is 30.5 Å². The quantitative estimate of drug-likeness (QED) is 0.802. The fourth-order valence-corrected chi connectivity index (χ4v) is 3.69. The summed E-state index contributed by atoms with van der Waals surface area (Å²) in [6.45, 7) is 0. The maximum atomic E-state index is 11.9. The number of benzene rings is 1. The molecule has 0 saturated heterocycles. The predicted octanol–water partition coefficient (Wildman–Crippen LogP) is 1.63. The monoisotopic (exact) mass is 254 g/mol. The van der Waals surface area contributed by atoms with E-state index in [9.17, 15) is 8.42 Å². The van der Waals surface area contributed by atoms with Gasteiger partial charge in [-0.15, -0.1) is 0 Å². The van der Waals surface area contributed by atoms with Crippen molar-refractivity contribution >= 4 is 15.7 Å². The zero-order chi connectivity index (χ0) is 12.3. The molecule has 0 heterocycles. The van der Waals surface area contributed by atoms with E-state index in [-0.39, 0.29) is 11.8 Å². The van der Waals surface area contributed by atoms with Gasteiger partial charge in [0, 0.05) is 11.7 Å². The van der Waals surface area contributed by atoms with Crippen molar-refractivity contribution in [1.82, 2.24) is 4.72 Å². The number of hydrogen-bond acceptors (Lipinski definition) is 3. The highest BCUT2D eigenvalue weighted by atomic mass is 32.2. The Kier molecular flexibility index (Phi) is 3.69. The molecule has 5 heteroatoms. The lowest BCUT2D eigenvalue weighted by Crippen LogP contribution is -2.33. The van der Waals surface area contributed by atoms with Crippen LogP contribution in [0.2, 0.25) is 0 Å². The van der Waals surface area contributed by atoms with Crippen LogP contribution in [0.25, 0.3) is 0 Å². The Bertz CT molecular complexity index is 479. The van der Waals surface area contributed by atoms with Crippen LogP contribution in [0.15, 0.2) is 24.3 Å². The number of sulfonamides is 1. The second-order valence-corrected chi connectivity index (χ2v) is 6.36. The lowest BCUT2D eigenvalue weighted by Gasteiger charge is -2.12. The van der Waals surface area contributed by atoms with Gasteiger partial charge in [0.05, 0.1) is 5.75 Å². The summed E-state index contributed by atoms with van der Waals surface area (Å²) in [6, 6.07) is 7.13. The van der Waals surface area contributed by atoms with Gasteiger partial charge in [0.2, 0.25) is 10.0 Å². The largest absolute Gasteiger partial charge is 0.399 e. The molecule has 1 fully saturated rings. The van der Waals surface area contributed by atoms with Crippen LogP contribution in [0.3, 0.4) is 0 Å². The maximum absolute atomic E-state index is 11.9. The van der Waals surface area contributed by atoms with Gasteiger partial charge in [0.15, 0.2) is 0 Å². The molecule has 0 unspecified atom stereocenters. The third-order valence-electron chi connectivity index (χ3n) is 3.01. The Hall–Kier alpha value is -1.07. The molecule has 3 N–H and O–H groups in total. The molecule has 17 heavy (non-hydrogen) atoms. The molecule has 1 aromatic carbocycles. The van der Waals surface area contributed by atoms with Crippen LogP contribution in [0.5, 0.6) is 0 Å². The summed E-state index contributed by atoms with van der Waals surface area (Å²) in [5, 5.41) is 0. The summed E-state index contributed by atoms with van der Waals surface area (Å²) in [5.41, 5.74) is 6.95. The topological polar surface area (TPSA) is 72.2 Å². The van der Waals surface area contributed by atoms with Crippen molar-refractivity contribution < 1.29 is 8.42 Å². The minimum absolute atomic E-state index is 0.00847. The van der Waals surface area contributed by atoms with E-state index in [2.05, 4.69) is 4.72 Å². The first-order valence-electron chi connectivity index (χ1n) is 5.89. The minimum atomic E-state index is -3.24. The van der Waals surface area contributed by atoms with Crippen LogP contribution >= 0.6 is 0 Å². The first-order chi connectivity index (χ1) is 8.05. The van der Waals surface area contributed by atoms with Crippen molar-refractivity contribution in [2.24, 2.45) is 0 Å². The SMILES string of the molecule is Nc1cccc(CS(=O)(=O)NC2CCCC2)c1. The first-order valence-corrected chi connectivity index (χ1v) is 7.55. The normalized spacial score (nSPS) is 17.4. The van der Waals surface area contributed by atoms with Gasteiger partial charge in [-0.2, -0.15) is 0 Å². The van der Waals surface area contributed by atoms with Gasteiger partial charge in [-0.3, -0.25) is 0 Å². The van der Waals surface area contributed by atoms with Gasteiger partial charge in [0.25, 0.3) is 0 Å². The highest BCUT2D eigenvalue weighted by Crippen LogP contribution is 2.19. The number of nitrogens with one attached hydrogen (secondary N) is 1. The second kappa shape index (κ2) is 5.06. The molecular weight excluding hydrogens is 236 g/mol. The zero-order valence-corrected chi connectivity index (χ0v) is 10.5. The lowest BCUT2D eigenvalue weighted by molar-refractivity contribution is 0.551. The first kappa shape index (κ1) is 12.4. The summed E-state index contributed by atoms with van der Waals surface area (Å²) in [5.74, 6) is 0.00847. The van der Waals surface area contributed by atoms with E-state index in [0.717, 1.165) is 31.2 Å². The predicted molar refractivity (Wildman–Crippen MR) is 68.9 cm³/mol. The van der Waals surface area contributed by atoms with Crippen molar-refractivity contribution in [2.45, 2.75) is 37.5 Å². The number of hydrogen-bond donors (Lipinski definition) is 2. The van der Waals surface area contributed by atoms with Gasteiger partial charge >= 0.3 is 0 Å². The van der Waals surface area contributed by atoms with Crippen LogP contribution in [-0.2, 0) is 15.8 Å². The molecule has 0 aliphatic heterocycles. The van der Waals surface area contributed by atoms with Crippen molar-refractivity contribution in [3.8, 4) is 0 Å². The molecule has 0 aromatic heterocycles. The highest BCUT2D eigenvalue weighted by Gasteiger charge is 2.21. The number of nitrogens with two attached hydrogens (primary N) is 1. The van der Waals surface area contributed by atoms with Gasteiger partial charge in [0.1, 0.15) is 0 Å². The van der Waals surface area contributed by atoms with E-state index in [0.29, 0.717) is 5.69 Å². The van der Waals surface area contributed by atoms with Gasteiger partial charge in [-0.25, -0.2) is 13.1 Å². The fraction of sp³-hybridized carbons (Fsp3) is 0.500. The molecule has 0 amide bonds. The molecule has 0 radical (unpaired) electrons. The Balaban J connectivity index is 2.01. The van der Waals surface area contributed by atoms with E-state index >= 15 is 0 Å². The molecule has 1 aromatic rings. The van der Waals surface area contributed by atoms with Crippen LogP contribution in [-0.4, -0.2) is 14.5 Å². The number of anilines is 1. The van der Waals surface area contributed by atoms with Crippen LogP contribution in [0, 0.1) is 0 Å². The summed E-state index contributed by atoms with van der Waals surface area (Å²) in [6.07, 6.45) is 4.14. The second-order valence-electron chi connectivity index (χ2n) is 4.60. The Morgan fingerprint density at radius 1 is 1.29 bits per heavy atom. The van der Waals surface area contributed by atoms with Crippen molar-refractivity contribution in [3.63, 3.8) is 0 Å². The van der Waals surface area contributed by atoms with Crippen LogP contribution < -0.4 is 10.5 Å². The number of nitrogen functional groups attached to an aromatic ring is 1. The van der Waals surface area contributed by atoms with Crippen molar-refractivity contribution in [3.05, 3.63) is 29.8 Å². The molecule has 4 nitrogen and oxygen atoms in total. The smallest absolute Gasteiger partial charge is 0.216 e. The Morgan fingerprint density at radius 2 is 2.00 bits per heavy atom. The molecule has 0 bridgehead atoms. The third-order valence-corrected chi connectivity index (χ3v) is 4.41. The standard InChI is InChI=1S/C12H18N2O2S/c13-11-5-3-4-10(8-11)9-17(15,16)14-12-6-1-2-7-12/h3-5,8,12,14H,1-2,6-7,9,13H2. The average Bonchev–Trinajstić information content (AvgIpc) is 2.68. The Labute approximate surface area is 102 Å². The third kappa shape index (κ3) is 3.71. The lowest BCUT2D eigenvalue weighted by atomic mass is 10.2. The van der Waals surface area contributed by atoms with Crippen LogP contribution in [0.4, 0.5) is 5.69 Å². The van der Waals surface area contributed by atoms with Gasteiger partial charge in [-0.1, -0.05) is 25.0 Å². The van der Waals surface area contributed by atoms with Crippen molar-refractivity contribution in [1.29, 1.82) is 0 Å².